The minimum Gasteiger partial charge on any atom is -0.337 e. The topological polar surface area (TPSA) is 41.1 Å². The molecule has 3 aromatic rings. The van der Waals surface area contributed by atoms with Gasteiger partial charge in [0.2, 0.25) is 0 Å². The molecule has 4 nitrogen and oxygen atoms in total. The van der Waals surface area contributed by atoms with Gasteiger partial charge in [0, 0.05) is 24.0 Å². The van der Waals surface area contributed by atoms with Crippen LogP contribution in [0.4, 0.5) is 20.3 Å². The zero-order chi connectivity index (χ0) is 16.0. The van der Waals surface area contributed by atoms with Crippen molar-refractivity contribution in [3.63, 3.8) is 0 Å². The standard InChI is InChI=1S/C16H14F2N4S/c1-22-5-4-10-13(7-22)23-16-14(10)15(19-8-20-16)21-12-3-2-9(17)6-11(12)18/h2-3,6,8H,4-5,7H2,1H3,(H,19,20,21). The van der Waals surface area contributed by atoms with Crippen LogP contribution in [0.2, 0.25) is 0 Å². The summed E-state index contributed by atoms with van der Waals surface area (Å²) in [5.41, 5.74) is 1.44. The van der Waals surface area contributed by atoms with E-state index in [0.717, 1.165) is 35.8 Å². The fourth-order valence-electron chi connectivity index (χ4n) is 2.87. The van der Waals surface area contributed by atoms with Crippen molar-refractivity contribution < 1.29 is 8.78 Å². The highest BCUT2D eigenvalue weighted by atomic mass is 32.1. The number of nitrogens with one attached hydrogen (secondary N) is 1. The maximum Gasteiger partial charge on any atom is 0.149 e. The molecule has 4 rings (SSSR count). The average molecular weight is 332 g/mol. The molecule has 0 fully saturated rings. The van der Waals surface area contributed by atoms with Crippen molar-refractivity contribution in [2.24, 2.45) is 0 Å². The first-order chi connectivity index (χ1) is 11.1. The molecular weight excluding hydrogens is 318 g/mol. The Balaban J connectivity index is 1.81. The number of fused-ring (bicyclic) bond motifs is 3. The van der Waals surface area contributed by atoms with Gasteiger partial charge in [0.25, 0.3) is 0 Å². The molecule has 1 aromatic carbocycles. The van der Waals surface area contributed by atoms with Gasteiger partial charge in [-0.1, -0.05) is 0 Å². The number of halogens is 2. The van der Waals surface area contributed by atoms with Gasteiger partial charge < -0.3 is 10.2 Å². The Bertz CT molecular complexity index is 893. The molecule has 0 aliphatic carbocycles. The lowest BCUT2D eigenvalue weighted by Crippen LogP contribution is -2.25. The molecule has 1 aliphatic heterocycles. The van der Waals surface area contributed by atoms with E-state index in [1.807, 2.05) is 0 Å². The summed E-state index contributed by atoms with van der Waals surface area (Å²) in [4.78, 5) is 13.1. The van der Waals surface area contributed by atoms with Gasteiger partial charge in [-0.3, -0.25) is 0 Å². The van der Waals surface area contributed by atoms with Crippen molar-refractivity contribution in [3.05, 3.63) is 46.6 Å². The van der Waals surface area contributed by atoms with Crippen molar-refractivity contribution in [1.82, 2.24) is 14.9 Å². The Morgan fingerprint density at radius 2 is 2.13 bits per heavy atom. The normalized spacial score (nSPS) is 14.9. The van der Waals surface area contributed by atoms with E-state index in [-0.39, 0.29) is 5.69 Å². The third-order valence-corrected chi connectivity index (χ3v) is 5.14. The van der Waals surface area contributed by atoms with E-state index in [2.05, 4.69) is 27.2 Å². The van der Waals surface area contributed by atoms with Crippen LogP contribution in [-0.4, -0.2) is 28.5 Å². The zero-order valence-corrected chi connectivity index (χ0v) is 13.3. The van der Waals surface area contributed by atoms with Crippen LogP contribution in [0.5, 0.6) is 0 Å². The molecule has 0 spiro atoms. The summed E-state index contributed by atoms with van der Waals surface area (Å²) in [6.07, 6.45) is 2.39. The van der Waals surface area contributed by atoms with Gasteiger partial charge in [-0.25, -0.2) is 18.7 Å². The summed E-state index contributed by atoms with van der Waals surface area (Å²) in [6, 6.07) is 3.46. The van der Waals surface area contributed by atoms with E-state index in [1.54, 1.807) is 11.3 Å². The van der Waals surface area contributed by atoms with Crippen molar-refractivity contribution >= 4 is 33.1 Å². The predicted molar refractivity (Wildman–Crippen MR) is 87.1 cm³/mol. The number of hydrogen-bond acceptors (Lipinski definition) is 5. The van der Waals surface area contributed by atoms with Crippen LogP contribution >= 0.6 is 11.3 Å². The molecule has 0 amide bonds. The molecule has 118 valence electrons. The predicted octanol–water partition coefficient (Wildman–Crippen LogP) is 3.70. The first-order valence-electron chi connectivity index (χ1n) is 7.27. The summed E-state index contributed by atoms with van der Waals surface area (Å²) in [5, 5.41) is 3.94. The lowest BCUT2D eigenvalue weighted by Gasteiger charge is -2.22. The Hall–Kier alpha value is -2.12. The van der Waals surface area contributed by atoms with Crippen LogP contribution in [0.15, 0.2) is 24.5 Å². The van der Waals surface area contributed by atoms with E-state index < -0.39 is 11.6 Å². The van der Waals surface area contributed by atoms with Gasteiger partial charge in [-0.15, -0.1) is 11.3 Å². The molecule has 1 N–H and O–H groups in total. The van der Waals surface area contributed by atoms with Gasteiger partial charge in [0.15, 0.2) is 0 Å². The maximum absolute atomic E-state index is 13.9. The summed E-state index contributed by atoms with van der Waals surface area (Å²) in [6.45, 7) is 1.86. The molecule has 0 unspecified atom stereocenters. The quantitative estimate of drug-likeness (QED) is 0.777. The number of aromatic nitrogens is 2. The van der Waals surface area contributed by atoms with Crippen LogP contribution in [-0.2, 0) is 13.0 Å². The smallest absolute Gasteiger partial charge is 0.149 e. The first kappa shape index (κ1) is 14.5. The van der Waals surface area contributed by atoms with Crippen molar-refractivity contribution in [1.29, 1.82) is 0 Å². The van der Waals surface area contributed by atoms with Gasteiger partial charge in [0.05, 0.1) is 11.1 Å². The molecule has 7 heteroatoms. The second-order valence-corrected chi connectivity index (χ2v) is 6.73. The maximum atomic E-state index is 13.9. The van der Waals surface area contributed by atoms with Gasteiger partial charge in [-0.05, 0) is 31.2 Å². The highest BCUT2D eigenvalue weighted by Gasteiger charge is 2.22. The van der Waals surface area contributed by atoms with Crippen molar-refractivity contribution in [2.45, 2.75) is 13.0 Å². The number of likely N-dealkylation sites (N-methyl/N-ethyl adjacent to an activating group) is 1. The fourth-order valence-corrected chi connectivity index (χ4v) is 4.14. The highest BCUT2D eigenvalue weighted by molar-refractivity contribution is 7.19. The number of thiophene rings is 1. The summed E-state index contributed by atoms with van der Waals surface area (Å²) in [7, 11) is 2.09. The molecule has 0 atom stereocenters. The van der Waals surface area contributed by atoms with E-state index in [9.17, 15) is 8.78 Å². The van der Waals surface area contributed by atoms with Crippen LogP contribution < -0.4 is 5.32 Å². The molecule has 0 saturated heterocycles. The number of anilines is 2. The number of rotatable bonds is 2. The first-order valence-corrected chi connectivity index (χ1v) is 8.09. The minimum absolute atomic E-state index is 0.208. The third kappa shape index (κ3) is 2.55. The Labute approximate surface area is 135 Å². The van der Waals surface area contributed by atoms with Crippen molar-refractivity contribution in [3.8, 4) is 0 Å². The van der Waals surface area contributed by atoms with Gasteiger partial charge in [-0.2, -0.15) is 0 Å². The van der Waals surface area contributed by atoms with Crippen molar-refractivity contribution in [2.75, 3.05) is 18.9 Å². The SMILES string of the molecule is CN1CCc2c(sc3ncnc(Nc4ccc(F)cc4F)c23)C1. The van der Waals surface area contributed by atoms with Crippen LogP contribution in [0.3, 0.4) is 0 Å². The zero-order valence-electron chi connectivity index (χ0n) is 12.4. The Kier molecular flexibility index (Phi) is 3.46. The monoisotopic (exact) mass is 332 g/mol. The van der Waals surface area contributed by atoms with Crippen LogP contribution in [0, 0.1) is 11.6 Å². The molecule has 2 aromatic heterocycles. The molecule has 3 heterocycles. The molecular formula is C16H14F2N4S. The van der Waals surface area contributed by atoms with Gasteiger partial charge in [0.1, 0.15) is 28.6 Å². The summed E-state index contributed by atoms with van der Waals surface area (Å²) >= 11 is 1.65. The number of nitrogens with zero attached hydrogens (tertiary/aromatic N) is 3. The molecule has 0 radical (unpaired) electrons. The fraction of sp³-hybridized carbons (Fsp3) is 0.250. The summed E-state index contributed by atoms with van der Waals surface area (Å²) < 4.78 is 27.0. The van der Waals surface area contributed by atoms with Crippen LogP contribution in [0.1, 0.15) is 10.4 Å². The Morgan fingerprint density at radius 1 is 1.26 bits per heavy atom. The Morgan fingerprint density at radius 3 is 2.96 bits per heavy atom. The second kappa shape index (κ2) is 5.50. The van der Waals surface area contributed by atoms with Crippen LogP contribution in [0.25, 0.3) is 10.2 Å². The second-order valence-electron chi connectivity index (χ2n) is 5.64. The lowest BCUT2D eigenvalue weighted by molar-refractivity contribution is 0.318. The molecule has 23 heavy (non-hydrogen) atoms. The number of hydrogen-bond donors (Lipinski definition) is 1. The largest absolute Gasteiger partial charge is 0.337 e. The molecule has 0 saturated carbocycles. The summed E-state index contributed by atoms with van der Waals surface area (Å²) in [5.74, 6) is -0.667. The number of benzene rings is 1. The highest BCUT2D eigenvalue weighted by Crippen LogP contribution is 2.37. The van der Waals surface area contributed by atoms with E-state index in [1.165, 1.54) is 28.9 Å². The average Bonchev–Trinajstić information content (AvgIpc) is 2.88. The molecule has 0 bridgehead atoms. The van der Waals surface area contributed by atoms with E-state index in [0.29, 0.717) is 5.82 Å². The van der Waals surface area contributed by atoms with E-state index >= 15 is 0 Å². The van der Waals surface area contributed by atoms with Gasteiger partial charge >= 0.3 is 0 Å². The lowest BCUT2D eigenvalue weighted by atomic mass is 10.1. The van der Waals surface area contributed by atoms with E-state index in [4.69, 9.17) is 0 Å². The third-order valence-electron chi connectivity index (χ3n) is 4.01. The molecule has 1 aliphatic rings. The minimum atomic E-state index is -0.638.